The van der Waals surface area contributed by atoms with E-state index < -0.39 is 53.1 Å². The van der Waals surface area contributed by atoms with Crippen molar-refractivity contribution in [2.24, 2.45) is 0 Å². The second kappa shape index (κ2) is 15.0. The van der Waals surface area contributed by atoms with Gasteiger partial charge in [0.1, 0.15) is 35.8 Å². The van der Waals surface area contributed by atoms with Crippen LogP contribution in [0.3, 0.4) is 0 Å². The summed E-state index contributed by atoms with van der Waals surface area (Å²) in [6.07, 6.45) is 5.19. The summed E-state index contributed by atoms with van der Waals surface area (Å²) in [6, 6.07) is 15.3. The van der Waals surface area contributed by atoms with Gasteiger partial charge >= 0.3 is 11.6 Å². The molecule has 1 saturated heterocycles. The Kier molecular flexibility index (Phi) is 10.2. The molecule has 55 heavy (non-hydrogen) atoms. The van der Waals surface area contributed by atoms with Gasteiger partial charge in [-0.2, -0.15) is 13.9 Å². The zero-order chi connectivity index (χ0) is 38.9. The SMILES string of the molecule is CCC(C(C)O)n1ncn(-c2ccc(N3CCN(c4ccc(-c5ccc(C(F)(F)C(O)(Cn6cnnn6)c6ccc(F)cc6F)nc5)cc4)CC3)cn2)c1=O. The number of anilines is 2. The number of aromatic nitrogens is 9. The molecule has 2 aromatic carbocycles. The van der Waals surface area contributed by atoms with Crippen molar-refractivity contribution < 1.29 is 27.8 Å². The molecule has 0 radical (unpaired) electrons. The monoisotopic (exact) mass is 759 g/mol. The van der Waals surface area contributed by atoms with E-state index in [-0.39, 0.29) is 5.69 Å². The van der Waals surface area contributed by atoms with Crippen LogP contribution in [0.4, 0.5) is 28.9 Å². The minimum Gasteiger partial charge on any atom is -0.391 e. The molecule has 2 N–H and O–H groups in total. The van der Waals surface area contributed by atoms with E-state index in [1.807, 2.05) is 37.3 Å². The molecule has 4 aromatic heterocycles. The van der Waals surface area contributed by atoms with Crippen molar-refractivity contribution in [3.63, 3.8) is 0 Å². The van der Waals surface area contributed by atoms with Gasteiger partial charge in [-0.25, -0.2) is 32.5 Å². The largest absolute Gasteiger partial charge is 0.391 e. The molecule has 1 aliphatic rings. The highest BCUT2D eigenvalue weighted by Gasteiger charge is 2.58. The molecule has 6 aromatic rings. The highest BCUT2D eigenvalue weighted by Crippen LogP contribution is 2.47. The maximum Gasteiger partial charge on any atom is 0.351 e. The molecule has 7 rings (SSSR count). The number of aliphatic hydroxyl groups excluding tert-OH is 1. The van der Waals surface area contributed by atoms with Crippen molar-refractivity contribution in [1.82, 2.24) is 44.5 Å². The van der Waals surface area contributed by atoms with Gasteiger partial charge in [0.25, 0.3) is 0 Å². The third-order valence-corrected chi connectivity index (χ3v) is 9.94. The third-order valence-electron chi connectivity index (χ3n) is 9.94. The molecule has 0 amide bonds. The molecular weight excluding hydrogens is 722 g/mol. The molecule has 3 atom stereocenters. The van der Waals surface area contributed by atoms with Crippen molar-refractivity contribution in [2.45, 2.75) is 50.5 Å². The van der Waals surface area contributed by atoms with Crippen molar-refractivity contribution in [3.8, 4) is 16.9 Å². The number of nitrogens with zero attached hydrogens (tertiary/aromatic N) is 11. The number of pyridine rings is 2. The fraction of sp³-hybridized carbons (Fsp3) is 0.324. The Balaban J connectivity index is 1.00. The summed E-state index contributed by atoms with van der Waals surface area (Å²) in [5.74, 6) is -6.09. The van der Waals surface area contributed by atoms with Crippen LogP contribution in [0.25, 0.3) is 16.9 Å². The number of hydrogen-bond donors (Lipinski definition) is 2. The first-order valence-corrected chi connectivity index (χ1v) is 17.5. The first-order chi connectivity index (χ1) is 26.4. The average molecular weight is 760 g/mol. The Morgan fingerprint density at radius 1 is 0.855 bits per heavy atom. The summed E-state index contributed by atoms with van der Waals surface area (Å²) >= 11 is 0. The molecule has 3 unspecified atom stereocenters. The lowest BCUT2D eigenvalue weighted by Gasteiger charge is -2.37. The van der Waals surface area contributed by atoms with Crippen LogP contribution in [0.2, 0.25) is 0 Å². The van der Waals surface area contributed by atoms with E-state index in [9.17, 15) is 23.8 Å². The van der Waals surface area contributed by atoms with E-state index >= 15 is 8.78 Å². The van der Waals surface area contributed by atoms with Crippen LogP contribution in [-0.2, 0) is 18.1 Å². The van der Waals surface area contributed by atoms with Crippen molar-refractivity contribution in [2.75, 3.05) is 36.0 Å². The van der Waals surface area contributed by atoms with E-state index in [1.54, 1.807) is 19.2 Å². The minimum atomic E-state index is -4.16. The van der Waals surface area contributed by atoms with Crippen molar-refractivity contribution in [1.29, 1.82) is 0 Å². The van der Waals surface area contributed by atoms with Crippen LogP contribution >= 0.6 is 0 Å². The van der Waals surface area contributed by atoms with Crippen LogP contribution in [0.1, 0.15) is 37.6 Å². The molecule has 0 aliphatic carbocycles. The lowest BCUT2D eigenvalue weighted by atomic mass is 9.84. The number of alkyl halides is 2. The second-order valence-corrected chi connectivity index (χ2v) is 13.3. The summed E-state index contributed by atoms with van der Waals surface area (Å²) in [4.78, 5) is 25.9. The highest BCUT2D eigenvalue weighted by molar-refractivity contribution is 5.66. The van der Waals surface area contributed by atoms with Crippen LogP contribution in [0.5, 0.6) is 0 Å². The zero-order valence-corrected chi connectivity index (χ0v) is 29.8. The number of hydrogen-bond acceptors (Lipinski definition) is 11. The van der Waals surface area contributed by atoms with Gasteiger partial charge in [0.15, 0.2) is 5.60 Å². The maximum atomic E-state index is 16.2. The van der Waals surface area contributed by atoms with Crippen molar-refractivity contribution >= 4 is 11.4 Å². The highest BCUT2D eigenvalue weighted by atomic mass is 19.3. The molecule has 1 aliphatic heterocycles. The van der Waals surface area contributed by atoms with Gasteiger partial charge in [-0.3, -0.25) is 4.98 Å². The van der Waals surface area contributed by atoms with Gasteiger partial charge in [0.2, 0.25) is 0 Å². The Labute approximate surface area is 311 Å². The fourth-order valence-corrected chi connectivity index (χ4v) is 6.84. The van der Waals surface area contributed by atoms with Crippen LogP contribution < -0.4 is 15.5 Å². The third kappa shape index (κ3) is 7.17. The molecule has 1 fully saturated rings. The standard InChI is InChI=1S/C37H37F4N11O3/c1-3-32(24(2)53)52-35(54)51(23-45-52)34-13-10-29(20-43-34)49-16-14-48(15-17-49)28-8-4-25(5-9-28)26-6-12-33(42-19-26)37(40,41)36(55,21-50-22-44-46-47-50)30-11-7-27(38)18-31(30)39/h4-13,18-20,22-24,32,53,55H,3,14-17,21H2,1-2H3. The summed E-state index contributed by atoms with van der Waals surface area (Å²) in [7, 11) is 0. The van der Waals surface area contributed by atoms with Gasteiger partial charge in [0, 0.05) is 55.3 Å². The normalized spacial score (nSPS) is 15.9. The smallest absolute Gasteiger partial charge is 0.351 e. The number of rotatable bonds is 12. The average Bonchev–Trinajstić information content (AvgIpc) is 3.84. The summed E-state index contributed by atoms with van der Waals surface area (Å²) in [5, 5.41) is 36.0. The van der Waals surface area contributed by atoms with Gasteiger partial charge in [-0.1, -0.05) is 25.1 Å². The summed E-state index contributed by atoms with van der Waals surface area (Å²) in [5.41, 5.74) is -2.15. The second-order valence-electron chi connectivity index (χ2n) is 13.3. The Hall–Kier alpha value is -6.01. The predicted octanol–water partition coefficient (Wildman–Crippen LogP) is 4.09. The number of halogens is 4. The van der Waals surface area contributed by atoms with Crippen LogP contribution in [-0.4, -0.2) is 87.0 Å². The minimum absolute atomic E-state index is 0.370. The summed E-state index contributed by atoms with van der Waals surface area (Å²) in [6.45, 7) is 5.44. The quantitative estimate of drug-likeness (QED) is 0.173. The molecule has 14 nitrogen and oxygen atoms in total. The maximum absolute atomic E-state index is 16.2. The van der Waals surface area contributed by atoms with Gasteiger partial charge in [0.05, 0.1) is 30.6 Å². The van der Waals surface area contributed by atoms with E-state index in [4.69, 9.17) is 0 Å². The number of aliphatic hydroxyl groups is 2. The molecule has 0 spiro atoms. The molecule has 0 bridgehead atoms. The first-order valence-electron chi connectivity index (χ1n) is 17.5. The molecule has 0 saturated carbocycles. The fourth-order valence-electron chi connectivity index (χ4n) is 6.84. The lowest BCUT2D eigenvalue weighted by molar-refractivity contribution is -0.207. The van der Waals surface area contributed by atoms with E-state index in [0.29, 0.717) is 42.5 Å². The Morgan fingerprint density at radius 2 is 1.55 bits per heavy atom. The van der Waals surface area contributed by atoms with E-state index in [1.165, 1.54) is 27.8 Å². The molecule has 286 valence electrons. The number of benzene rings is 2. The topological polar surface area (TPSA) is 156 Å². The number of piperazine rings is 1. The Bertz CT molecular complexity index is 2280. The van der Waals surface area contributed by atoms with Gasteiger partial charge < -0.3 is 20.0 Å². The van der Waals surface area contributed by atoms with Gasteiger partial charge in [-0.05, 0) is 71.8 Å². The zero-order valence-electron chi connectivity index (χ0n) is 29.8. The van der Waals surface area contributed by atoms with Crippen LogP contribution in [0, 0.1) is 11.6 Å². The number of tetrazole rings is 1. The molecular formula is C37H37F4N11O3. The molecule has 5 heterocycles. The first kappa shape index (κ1) is 37.3. The van der Waals surface area contributed by atoms with Crippen LogP contribution in [0.15, 0.2) is 96.6 Å². The Morgan fingerprint density at radius 3 is 2.13 bits per heavy atom. The molecule has 18 heteroatoms. The predicted molar refractivity (Wildman–Crippen MR) is 193 cm³/mol. The van der Waals surface area contributed by atoms with E-state index in [0.717, 1.165) is 53.7 Å². The lowest BCUT2D eigenvalue weighted by Crippen LogP contribution is -2.48. The van der Waals surface area contributed by atoms with E-state index in [2.05, 4.69) is 40.4 Å². The summed E-state index contributed by atoms with van der Waals surface area (Å²) < 4.78 is 64.3. The van der Waals surface area contributed by atoms with Gasteiger partial charge in [-0.15, -0.1) is 5.10 Å². The van der Waals surface area contributed by atoms with Crippen molar-refractivity contribution in [3.05, 3.63) is 125 Å².